The van der Waals surface area contributed by atoms with Crippen molar-refractivity contribution in [3.05, 3.63) is 51.9 Å². The Kier molecular flexibility index (Phi) is 6.63. The van der Waals surface area contributed by atoms with Gasteiger partial charge in [-0.1, -0.05) is 6.92 Å². The maximum absolute atomic E-state index is 13.0. The predicted molar refractivity (Wildman–Crippen MR) is 139 cm³/mol. The summed E-state index contributed by atoms with van der Waals surface area (Å²) in [5, 5.41) is 18.0. The summed E-state index contributed by atoms with van der Waals surface area (Å²) in [6, 6.07) is 7.35. The SMILES string of the molecule is CCC1(n2nc(Nc3ccc(C(=O)N4CCOCC4)c(C)c3)c3c(=O)[nH]ccc32)CCN(C(=O)O)CC1. The third-order valence-corrected chi connectivity index (χ3v) is 7.69. The fraction of sp³-hybridized carbons (Fsp3) is 0.462. The summed E-state index contributed by atoms with van der Waals surface area (Å²) in [7, 11) is 0. The number of carbonyl (C=O) groups is 2. The van der Waals surface area contributed by atoms with Crippen molar-refractivity contribution in [1.82, 2.24) is 24.6 Å². The van der Waals surface area contributed by atoms with Crippen LogP contribution in [0.3, 0.4) is 0 Å². The van der Waals surface area contributed by atoms with Gasteiger partial charge in [0.25, 0.3) is 11.5 Å². The average Bonchev–Trinajstić information content (AvgIpc) is 3.29. The Morgan fingerprint density at radius 2 is 1.86 bits per heavy atom. The molecule has 196 valence electrons. The van der Waals surface area contributed by atoms with Crippen molar-refractivity contribution in [2.75, 3.05) is 44.7 Å². The summed E-state index contributed by atoms with van der Waals surface area (Å²) >= 11 is 0. The van der Waals surface area contributed by atoms with E-state index in [1.807, 2.05) is 29.8 Å². The van der Waals surface area contributed by atoms with Crippen LogP contribution in [0.5, 0.6) is 0 Å². The number of hydrogen-bond acceptors (Lipinski definition) is 6. The lowest BCUT2D eigenvalue weighted by Gasteiger charge is -2.41. The molecule has 0 spiro atoms. The number of aromatic nitrogens is 3. The van der Waals surface area contributed by atoms with Gasteiger partial charge in [0.05, 0.1) is 24.3 Å². The molecule has 0 atom stereocenters. The molecular weight excluding hydrogens is 476 g/mol. The Balaban J connectivity index is 1.47. The number of carboxylic acid groups (broad SMARTS) is 1. The van der Waals surface area contributed by atoms with Crippen LogP contribution in [-0.4, -0.2) is 81.1 Å². The molecule has 0 saturated carbocycles. The molecule has 3 N–H and O–H groups in total. The number of benzene rings is 1. The third kappa shape index (κ3) is 4.55. The highest BCUT2D eigenvalue weighted by Crippen LogP contribution is 2.37. The molecule has 37 heavy (non-hydrogen) atoms. The number of piperidine rings is 1. The zero-order valence-electron chi connectivity index (χ0n) is 21.1. The van der Waals surface area contributed by atoms with Crippen molar-refractivity contribution < 1.29 is 19.4 Å². The van der Waals surface area contributed by atoms with Crippen molar-refractivity contribution in [2.24, 2.45) is 0 Å². The summed E-state index contributed by atoms with van der Waals surface area (Å²) in [6.07, 6.45) is 2.66. The summed E-state index contributed by atoms with van der Waals surface area (Å²) in [6.45, 7) is 7.03. The number of rotatable bonds is 5. The highest BCUT2D eigenvalue weighted by atomic mass is 16.5. The molecule has 0 unspecified atom stereocenters. The van der Waals surface area contributed by atoms with Crippen LogP contribution in [-0.2, 0) is 10.3 Å². The van der Waals surface area contributed by atoms with Crippen molar-refractivity contribution >= 4 is 34.4 Å². The lowest BCUT2D eigenvalue weighted by atomic mass is 9.85. The number of carbonyl (C=O) groups excluding carboxylic acids is 1. The summed E-state index contributed by atoms with van der Waals surface area (Å²) in [4.78, 5) is 43.3. The molecule has 11 nitrogen and oxygen atoms in total. The monoisotopic (exact) mass is 508 g/mol. The van der Waals surface area contributed by atoms with E-state index in [1.165, 1.54) is 4.90 Å². The van der Waals surface area contributed by atoms with E-state index in [4.69, 9.17) is 9.84 Å². The molecule has 2 aliphatic heterocycles. The van der Waals surface area contributed by atoms with E-state index in [0.29, 0.717) is 74.5 Å². The van der Waals surface area contributed by atoms with E-state index in [1.54, 1.807) is 17.2 Å². The van der Waals surface area contributed by atoms with Crippen LogP contribution < -0.4 is 10.9 Å². The number of nitrogens with zero attached hydrogens (tertiary/aromatic N) is 4. The Morgan fingerprint density at radius 3 is 2.51 bits per heavy atom. The van der Waals surface area contributed by atoms with Crippen LogP contribution in [0.1, 0.15) is 42.1 Å². The second-order valence-corrected chi connectivity index (χ2v) is 9.73. The standard InChI is InChI=1S/C26H32N6O5/c1-3-26(7-10-31(11-8-26)25(35)36)32-20-6-9-27-23(33)21(20)22(29-32)28-18-4-5-19(17(2)16-18)24(34)30-12-14-37-15-13-30/h4-6,9,16H,3,7-8,10-15H2,1-2H3,(H,27,33)(H,28,29)(H,35,36). The minimum absolute atomic E-state index is 0.0175. The van der Waals surface area contributed by atoms with Crippen molar-refractivity contribution in [1.29, 1.82) is 0 Å². The molecule has 11 heteroatoms. The highest BCUT2D eigenvalue weighted by Gasteiger charge is 2.38. The first-order valence-electron chi connectivity index (χ1n) is 12.7. The van der Waals surface area contributed by atoms with Gasteiger partial charge in [0, 0.05) is 43.6 Å². The number of hydrogen-bond donors (Lipinski definition) is 3. The predicted octanol–water partition coefficient (Wildman–Crippen LogP) is 3.13. The molecule has 5 rings (SSSR count). The van der Waals surface area contributed by atoms with Gasteiger partial charge in [0.1, 0.15) is 5.39 Å². The van der Waals surface area contributed by atoms with Crippen LogP contribution in [0.4, 0.5) is 16.3 Å². The van der Waals surface area contributed by atoms with Gasteiger partial charge in [-0.25, -0.2) is 4.79 Å². The molecule has 0 bridgehead atoms. The minimum Gasteiger partial charge on any atom is -0.465 e. The van der Waals surface area contributed by atoms with E-state index in [0.717, 1.165) is 17.7 Å². The van der Waals surface area contributed by atoms with E-state index in [9.17, 15) is 19.5 Å². The highest BCUT2D eigenvalue weighted by molar-refractivity contribution is 5.96. The smallest absolute Gasteiger partial charge is 0.407 e. The molecular formula is C26H32N6O5. The quantitative estimate of drug-likeness (QED) is 0.482. The largest absolute Gasteiger partial charge is 0.465 e. The zero-order valence-corrected chi connectivity index (χ0v) is 21.1. The third-order valence-electron chi connectivity index (χ3n) is 7.69. The van der Waals surface area contributed by atoms with Crippen LogP contribution in [0.15, 0.2) is 35.3 Å². The van der Waals surface area contributed by atoms with Gasteiger partial charge in [0.2, 0.25) is 0 Å². The number of likely N-dealkylation sites (tertiary alicyclic amines) is 1. The summed E-state index contributed by atoms with van der Waals surface area (Å²) in [5.41, 5.74) is 2.23. The minimum atomic E-state index is -0.917. The van der Waals surface area contributed by atoms with Crippen LogP contribution >= 0.6 is 0 Å². The first-order valence-corrected chi connectivity index (χ1v) is 12.7. The van der Waals surface area contributed by atoms with Crippen LogP contribution in [0.2, 0.25) is 0 Å². The number of anilines is 2. The topological polar surface area (TPSA) is 133 Å². The van der Waals surface area contributed by atoms with Gasteiger partial charge in [-0.15, -0.1) is 0 Å². The molecule has 2 saturated heterocycles. The normalized spacial score (nSPS) is 17.7. The van der Waals surface area contributed by atoms with Gasteiger partial charge in [-0.05, 0) is 56.0 Å². The van der Waals surface area contributed by atoms with E-state index in [2.05, 4.69) is 17.2 Å². The molecule has 1 aromatic carbocycles. The Labute approximate surface area is 214 Å². The average molecular weight is 509 g/mol. The van der Waals surface area contributed by atoms with Gasteiger partial charge < -0.3 is 29.9 Å². The van der Waals surface area contributed by atoms with E-state index < -0.39 is 11.6 Å². The number of amides is 2. The number of nitrogens with one attached hydrogen (secondary N) is 2. The number of ether oxygens (including phenoxy) is 1. The Morgan fingerprint density at radius 1 is 1.14 bits per heavy atom. The number of morpholine rings is 1. The number of aryl methyl sites for hydroxylation is 1. The summed E-state index contributed by atoms with van der Waals surface area (Å²) < 4.78 is 7.26. The van der Waals surface area contributed by atoms with E-state index in [-0.39, 0.29) is 11.5 Å². The second-order valence-electron chi connectivity index (χ2n) is 9.73. The molecule has 0 radical (unpaired) electrons. The lowest BCUT2D eigenvalue weighted by Crippen LogP contribution is -2.47. The molecule has 2 fully saturated rings. The number of aromatic amines is 1. The first kappa shape index (κ1) is 24.8. The fourth-order valence-corrected chi connectivity index (χ4v) is 5.41. The zero-order chi connectivity index (χ0) is 26.2. The number of fused-ring (bicyclic) bond motifs is 1. The lowest BCUT2D eigenvalue weighted by molar-refractivity contribution is 0.0302. The van der Waals surface area contributed by atoms with Crippen LogP contribution in [0.25, 0.3) is 10.9 Å². The maximum Gasteiger partial charge on any atom is 0.407 e. The maximum atomic E-state index is 13.0. The molecule has 0 aliphatic carbocycles. The Hall–Kier alpha value is -3.86. The van der Waals surface area contributed by atoms with Gasteiger partial charge in [0.15, 0.2) is 5.82 Å². The fourth-order valence-electron chi connectivity index (χ4n) is 5.41. The second kappa shape index (κ2) is 9.89. The number of pyridine rings is 1. The molecule has 2 amide bonds. The molecule has 2 aliphatic rings. The Bertz CT molecular complexity index is 1380. The van der Waals surface area contributed by atoms with Crippen LogP contribution in [0, 0.1) is 6.92 Å². The first-order chi connectivity index (χ1) is 17.8. The van der Waals surface area contributed by atoms with Gasteiger partial charge in [-0.2, -0.15) is 5.10 Å². The van der Waals surface area contributed by atoms with E-state index >= 15 is 0 Å². The van der Waals surface area contributed by atoms with Gasteiger partial charge >= 0.3 is 6.09 Å². The van der Waals surface area contributed by atoms with Crippen molar-refractivity contribution in [2.45, 2.75) is 38.6 Å². The van der Waals surface area contributed by atoms with Gasteiger partial charge in [-0.3, -0.25) is 14.3 Å². The molecule has 3 aromatic rings. The molecule has 4 heterocycles. The van der Waals surface area contributed by atoms with Crippen molar-refractivity contribution in [3.63, 3.8) is 0 Å². The van der Waals surface area contributed by atoms with Crippen molar-refractivity contribution in [3.8, 4) is 0 Å². The summed E-state index contributed by atoms with van der Waals surface area (Å²) in [5.74, 6) is 0.410. The number of H-pyrrole nitrogens is 1. The molecule has 2 aromatic heterocycles.